The Morgan fingerprint density at radius 2 is 2.11 bits per heavy atom. The van der Waals surface area contributed by atoms with Crippen LogP contribution in [0.1, 0.15) is 23.4 Å². The first-order valence-electron chi connectivity index (χ1n) is 8.89. The van der Waals surface area contributed by atoms with Crippen LogP contribution in [0.3, 0.4) is 0 Å². The molecule has 8 heteroatoms. The summed E-state index contributed by atoms with van der Waals surface area (Å²) >= 11 is 1.41. The lowest BCUT2D eigenvalue weighted by Gasteiger charge is -2.32. The molecule has 0 bridgehead atoms. The van der Waals surface area contributed by atoms with E-state index in [4.69, 9.17) is 0 Å². The third-order valence-electron chi connectivity index (χ3n) is 5.37. The molecule has 4 aromatic rings. The molecular formula is C19H18FN5OS. The Hall–Kier alpha value is -2.74. The predicted molar refractivity (Wildman–Crippen MR) is 104 cm³/mol. The summed E-state index contributed by atoms with van der Waals surface area (Å²) < 4.78 is 18.7. The summed E-state index contributed by atoms with van der Waals surface area (Å²) in [6, 6.07) is 5.29. The molecule has 0 unspecified atom stereocenters. The number of hydrogen-bond acceptors (Lipinski definition) is 5. The Balaban J connectivity index is 1.68. The number of aromatic nitrogens is 4. The van der Waals surface area contributed by atoms with Crippen LogP contribution in [-0.2, 0) is 20.0 Å². The highest BCUT2D eigenvalue weighted by atomic mass is 32.1. The number of thiophene rings is 1. The molecule has 1 aliphatic rings. The number of aryl methyl sites for hydroxylation is 2. The summed E-state index contributed by atoms with van der Waals surface area (Å²) in [7, 11) is 1.70. The van der Waals surface area contributed by atoms with Crippen LogP contribution in [0.2, 0.25) is 0 Å². The Morgan fingerprint density at radius 1 is 1.26 bits per heavy atom. The average Bonchev–Trinajstić information content (AvgIpc) is 3.30. The van der Waals surface area contributed by atoms with E-state index >= 15 is 0 Å². The molecule has 27 heavy (non-hydrogen) atoms. The minimum Gasteiger partial charge on any atom is -0.361 e. The van der Waals surface area contributed by atoms with Gasteiger partial charge in [-0.15, -0.1) is 21.5 Å². The molecule has 0 N–H and O–H groups in total. The highest BCUT2D eigenvalue weighted by molar-refractivity contribution is 7.17. The maximum Gasteiger partial charge on any atom is 0.272 e. The molecule has 1 aromatic carbocycles. The molecule has 0 spiro atoms. The first-order valence-corrected chi connectivity index (χ1v) is 9.77. The molecular weight excluding hydrogens is 365 g/mol. The number of hydrogen-bond donors (Lipinski definition) is 0. The van der Waals surface area contributed by atoms with Gasteiger partial charge in [-0.1, -0.05) is 6.07 Å². The van der Waals surface area contributed by atoms with Gasteiger partial charge in [0.25, 0.3) is 5.56 Å². The zero-order chi connectivity index (χ0) is 18.7. The van der Waals surface area contributed by atoms with Crippen molar-refractivity contribution in [2.24, 2.45) is 7.05 Å². The Labute approximate surface area is 158 Å². The number of benzene rings is 1. The van der Waals surface area contributed by atoms with Gasteiger partial charge in [-0.2, -0.15) is 0 Å². The lowest BCUT2D eigenvalue weighted by Crippen LogP contribution is -2.31. The van der Waals surface area contributed by atoms with Crippen molar-refractivity contribution in [1.82, 2.24) is 19.2 Å². The van der Waals surface area contributed by atoms with Gasteiger partial charge in [-0.3, -0.25) is 13.8 Å². The fourth-order valence-electron chi connectivity index (χ4n) is 4.01. The van der Waals surface area contributed by atoms with Crippen molar-refractivity contribution in [2.75, 3.05) is 11.4 Å². The topological polar surface area (TPSA) is 55.4 Å². The fourth-order valence-corrected chi connectivity index (χ4v) is 4.86. The summed E-state index contributed by atoms with van der Waals surface area (Å²) in [5.74, 6) is 1.01. The van der Waals surface area contributed by atoms with Crippen molar-refractivity contribution in [3.8, 4) is 0 Å². The van der Waals surface area contributed by atoms with Crippen LogP contribution in [0.5, 0.6) is 0 Å². The third kappa shape index (κ3) is 2.32. The first kappa shape index (κ1) is 16.4. The van der Waals surface area contributed by atoms with E-state index < -0.39 is 0 Å². The van der Waals surface area contributed by atoms with Crippen LogP contribution in [0.25, 0.3) is 16.0 Å². The molecule has 0 radical (unpaired) electrons. The minimum absolute atomic E-state index is 0.0727. The van der Waals surface area contributed by atoms with Gasteiger partial charge in [0.15, 0.2) is 5.82 Å². The summed E-state index contributed by atoms with van der Waals surface area (Å²) in [6.45, 7) is 3.23. The predicted octanol–water partition coefficient (Wildman–Crippen LogP) is 3.04. The summed E-state index contributed by atoms with van der Waals surface area (Å²) in [6.07, 6.45) is 1.86. The number of fused-ring (bicyclic) bond motifs is 4. The zero-order valence-electron chi connectivity index (χ0n) is 15.1. The van der Waals surface area contributed by atoms with E-state index in [0.29, 0.717) is 28.5 Å². The van der Waals surface area contributed by atoms with Gasteiger partial charge in [-0.05, 0) is 48.4 Å². The lowest BCUT2D eigenvalue weighted by atomic mass is 9.96. The number of nitrogens with zero attached hydrogens (tertiary/aromatic N) is 5. The number of halogens is 1. The highest BCUT2D eigenvalue weighted by Crippen LogP contribution is 2.33. The van der Waals surface area contributed by atoms with Gasteiger partial charge in [0.1, 0.15) is 10.5 Å². The Morgan fingerprint density at radius 3 is 2.96 bits per heavy atom. The van der Waals surface area contributed by atoms with E-state index in [1.165, 1.54) is 22.0 Å². The maximum atomic E-state index is 14.6. The molecule has 0 amide bonds. The van der Waals surface area contributed by atoms with Crippen LogP contribution in [0.4, 0.5) is 10.1 Å². The van der Waals surface area contributed by atoms with Gasteiger partial charge in [-0.25, -0.2) is 4.39 Å². The molecule has 0 saturated heterocycles. The first-order chi connectivity index (χ1) is 13.1. The fraction of sp³-hybridized carbons (Fsp3) is 0.316. The van der Waals surface area contributed by atoms with Gasteiger partial charge < -0.3 is 4.90 Å². The summed E-state index contributed by atoms with van der Waals surface area (Å²) in [5, 5.41) is 10.5. The van der Waals surface area contributed by atoms with Crippen LogP contribution in [0, 0.1) is 12.7 Å². The molecule has 0 aliphatic carbocycles. The van der Waals surface area contributed by atoms with Crippen LogP contribution in [-0.4, -0.2) is 25.7 Å². The second kappa shape index (κ2) is 5.88. The molecule has 4 heterocycles. The van der Waals surface area contributed by atoms with Crippen molar-refractivity contribution in [1.29, 1.82) is 0 Å². The molecule has 0 atom stereocenters. The minimum atomic E-state index is -0.197. The monoisotopic (exact) mass is 383 g/mol. The summed E-state index contributed by atoms with van der Waals surface area (Å²) in [4.78, 5) is 14.5. The van der Waals surface area contributed by atoms with E-state index in [9.17, 15) is 9.18 Å². The molecule has 1 aliphatic heterocycles. The SMILES string of the molecule is Cc1ccc(F)c2c1CCCN2Cc1nnc2n(C)c(=O)c3sccc3n12. The molecule has 0 fully saturated rings. The molecule has 0 saturated carbocycles. The largest absolute Gasteiger partial charge is 0.361 e. The number of rotatable bonds is 2. The third-order valence-corrected chi connectivity index (χ3v) is 6.26. The summed E-state index contributed by atoms with van der Waals surface area (Å²) in [5.41, 5.74) is 3.59. The normalized spacial score (nSPS) is 14.3. The van der Waals surface area contributed by atoms with Crippen molar-refractivity contribution in [3.05, 3.63) is 56.7 Å². The molecule has 3 aromatic heterocycles. The maximum absolute atomic E-state index is 14.6. The van der Waals surface area contributed by atoms with Crippen molar-refractivity contribution in [2.45, 2.75) is 26.3 Å². The lowest BCUT2D eigenvalue weighted by molar-refractivity contribution is 0.589. The van der Waals surface area contributed by atoms with E-state index in [0.717, 1.165) is 36.0 Å². The van der Waals surface area contributed by atoms with Crippen LogP contribution < -0.4 is 10.5 Å². The van der Waals surface area contributed by atoms with E-state index in [2.05, 4.69) is 10.2 Å². The van der Waals surface area contributed by atoms with Crippen molar-refractivity contribution in [3.63, 3.8) is 0 Å². The van der Waals surface area contributed by atoms with Crippen LogP contribution in [0.15, 0.2) is 28.4 Å². The molecule has 5 rings (SSSR count). The highest BCUT2D eigenvalue weighted by Gasteiger charge is 2.25. The second-order valence-corrected chi connectivity index (χ2v) is 7.88. The molecule has 138 valence electrons. The Bertz CT molecular complexity index is 1250. The second-order valence-electron chi connectivity index (χ2n) is 6.97. The number of anilines is 1. The van der Waals surface area contributed by atoms with E-state index in [-0.39, 0.29) is 11.4 Å². The molecule has 6 nitrogen and oxygen atoms in total. The van der Waals surface area contributed by atoms with Gasteiger partial charge in [0.2, 0.25) is 5.78 Å². The van der Waals surface area contributed by atoms with E-state index in [1.54, 1.807) is 7.05 Å². The van der Waals surface area contributed by atoms with Crippen molar-refractivity contribution >= 4 is 33.0 Å². The van der Waals surface area contributed by atoms with Gasteiger partial charge in [0.05, 0.1) is 17.7 Å². The van der Waals surface area contributed by atoms with E-state index in [1.807, 2.05) is 33.7 Å². The standard InChI is InChI=1S/C19H18FN5OS/c1-11-5-6-13(20)16-12(11)4-3-8-24(16)10-15-21-22-19-23(2)18(26)17-14(25(15)19)7-9-27-17/h5-7,9H,3-4,8,10H2,1-2H3. The zero-order valence-corrected chi connectivity index (χ0v) is 15.9. The Kier molecular flexibility index (Phi) is 3.58. The quantitative estimate of drug-likeness (QED) is 0.534. The smallest absolute Gasteiger partial charge is 0.272 e. The average molecular weight is 383 g/mol. The van der Waals surface area contributed by atoms with Gasteiger partial charge in [0, 0.05) is 13.6 Å². The van der Waals surface area contributed by atoms with Gasteiger partial charge >= 0.3 is 0 Å². The van der Waals surface area contributed by atoms with Crippen LogP contribution >= 0.6 is 11.3 Å². The van der Waals surface area contributed by atoms with Crippen molar-refractivity contribution < 1.29 is 4.39 Å².